The fourth-order valence-electron chi connectivity index (χ4n) is 1.84. The molecule has 0 fully saturated rings. The highest BCUT2D eigenvalue weighted by Crippen LogP contribution is 2.34. The number of aromatic nitrogens is 2. The van der Waals surface area contributed by atoms with Gasteiger partial charge in [0, 0.05) is 12.6 Å². The topological polar surface area (TPSA) is 56.2 Å². The highest BCUT2D eigenvalue weighted by molar-refractivity contribution is 9.10. The molecule has 1 aliphatic rings. The average Bonchev–Trinajstić information content (AvgIpc) is 2.69. The second kappa shape index (κ2) is 4.13. The summed E-state index contributed by atoms with van der Waals surface area (Å²) in [6.45, 7) is 0.0691. The predicted octanol–water partition coefficient (Wildman–Crippen LogP) is 2.18. The van der Waals surface area contributed by atoms with Gasteiger partial charge in [0.1, 0.15) is 16.0 Å². The largest absolute Gasteiger partial charge is 0.482 e. The van der Waals surface area contributed by atoms with Gasteiger partial charge in [-0.3, -0.25) is 4.79 Å². The van der Waals surface area contributed by atoms with Crippen LogP contribution in [0, 0.1) is 0 Å². The van der Waals surface area contributed by atoms with Crippen LogP contribution in [-0.4, -0.2) is 22.1 Å². The number of aryl methyl sites for hydroxylation is 1. The number of benzene rings is 1. The van der Waals surface area contributed by atoms with E-state index >= 15 is 0 Å². The van der Waals surface area contributed by atoms with Crippen molar-refractivity contribution in [3.05, 3.63) is 29.1 Å². The van der Waals surface area contributed by atoms with E-state index in [2.05, 4.69) is 26.2 Å². The fraction of sp³-hybridized carbons (Fsp3) is 0.167. The van der Waals surface area contributed by atoms with E-state index in [1.54, 1.807) is 6.33 Å². The standard InChI is InChI=1S/C12H10BrN3O2/c1-16-6-14-11(12(16)13)7-2-3-9-8(4-7)15-10(17)5-18-9/h2-4,6H,5H2,1H3,(H,15,17). The molecule has 1 aromatic heterocycles. The lowest BCUT2D eigenvalue weighted by Gasteiger charge is -2.18. The number of hydrogen-bond acceptors (Lipinski definition) is 3. The summed E-state index contributed by atoms with van der Waals surface area (Å²) < 4.78 is 8.09. The second-order valence-electron chi connectivity index (χ2n) is 4.04. The van der Waals surface area contributed by atoms with E-state index < -0.39 is 0 Å². The summed E-state index contributed by atoms with van der Waals surface area (Å²) in [5.74, 6) is 0.546. The van der Waals surface area contributed by atoms with Gasteiger partial charge in [-0.1, -0.05) is 0 Å². The van der Waals surface area contributed by atoms with Crippen LogP contribution in [0.2, 0.25) is 0 Å². The third-order valence-corrected chi connectivity index (χ3v) is 3.69. The average molecular weight is 308 g/mol. The molecule has 1 N–H and O–H groups in total. The molecule has 18 heavy (non-hydrogen) atoms. The Hall–Kier alpha value is -1.82. The van der Waals surface area contributed by atoms with Crippen molar-refractivity contribution in [1.29, 1.82) is 0 Å². The minimum Gasteiger partial charge on any atom is -0.482 e. The Kier molecular flexibility index (Phi) is 2.59. The molecule has 1 aromatic carbocycles. The highest BCUT2D eigenvalue weighted by Gasteiger charge is 2.17. The maximum absolute atomic E-state index is 11.3. The Morgan fingerprint density at radius 1 is 1.50 bits per heavy atom. The van der Waals surface area contributed by atoms with Gasteiger partial charge in [0.2, 0.25) is 0 Å². The minimum atomic E-state index is -0.139. The Labute approximate surface area is 112 Å². The van der Waals surface area contributed by atoms with Crippen LogP contribution in [-0.2, 0) is 11.8 Å². The number of amides is 1. The van der Waals surface area contributed by atoms with E-state index in [-0.39, 0.29) is 12.5 Å². The molecule has 0 saturated carbocycles. The van der Waals surface area contributed by atoms with Crippen molar-refractivity contribution in [3.63, 3.8) is 0 Å². The number of halogens is 1. The van der Waals surface area contributed by atoms with Gasteiger partial charge in [-0.05, 0) is 34.1 Å². The van der Waals surface area contributed by atoms with Crippen LogP contribution in [0.4, 0.5) is 5.69 Å². The van der Waals surface area contributed by atoms with Gasteiger partial charge in [-0.2, -0.15) is 0 Å². The van der Waals surface area contributed by atoms with Crippen molar-refractivity contribution >= 4 is 27.5 Å². The molecule has 0 radical (unpaired) electrons. The van der Waals surface area contributed by atoms with Gasteiger partial charge < -0.3 is 14.6 Å². The number of nitrogens with one attached hydrogen (secondary N) is 1. The third-order valence-electron chi connectivity index (χ3n) is 2.75. The number of carbonyl (C=O) groups excluding carboxylic acids is 1. The van der Waals surface area contributed by atoms with Crippen LogP contribution in [0.15, 0.2) is 29.1 Å². The molecule has 3 rings (SSSR count). The lowest BCUT2D eigenvalue weighted by Crippen LogP contribution is -2.25. The molecule has 0 aliphatic carbocycles. The molecule has 1 aliphatic heterocycles. The number of ether oxygens (including phenoxy) is 1. The van der Waals surface area contributed by atoms with Crippen molar-refractivity contribution in [2.75, 3.05) is 11.9 Å². The normalized spacial score (nSPS) is 13.8. The highest BCUT2D eigenvalue weighted by atomic mass is 79.9. The number of hydrogen-bond donors (Lipinski definition) is 1. The zero-order chi connectivity index (χ0) is 12.7. The molecular formula is C12H10BrN3O2. The van der Waals surface area contributed by atoms with Gasteiger partial charge in [0.15, 0.2) is 6.61 Å². The van der Waals surface area contributed by atoms with Crippen LogP contribution >= 0.6 is 15.9 Å². The van der Waals surface area contributed by atoms with E-state index in [0.29, 0.717) is 11.4 Å². The Morgan fingerprint density at radius 2 is 2.33 bits per heavy atom. The van der Waals surface area contributed by atoms with E-state index in [4.69, 9.17) is 4.74 Å². The molecule has 2 aromatic rings. The molecule has 2 heterocycles. The summed E-state index contributed by atoms with van der Waals surface area (Å²) in [5, 5.41) is 2.78. The SMILES string of the molecule is Cn1cnc(-c2ccc3c(c2)NC(=O)CO3)c1Br. The van der Waals surface area contributed by atoms with Crippen LogP contribution in [0.25, 0.3) is 11.3 Å². The zero-order valence-corrected chi connectivity index (χ0v) is 11.2. The maximum Gasteiger partial charge on any atom is 0.262 e. The zero-order valence-electron chi connectivity index (χ0n) is 9.61. The number of nitrogens with zero attached hydrogens (tertiary/aromatic N) is 2. The van der Waals surface area contributed by atoms with Crippen molar-refractivity contribution in [1.82, 2.24) is 9.55 Å². The van der Waals surface area contributed by atoms with Crippen molar-refractivity contribution in [3.8, 4) is 17.0 Å². The first-order valence-electron chi connectivity index (χ1n) is 5.39. The van der Waals surface area contributed by atoms with E-state index in [1.807, 2.05) is 29.8 Å². The summed E-state index contributed by atoms with van der Waals surface area (Å²) in [5.41, 5.74) is 2.44. The summed E-state index contributed by atoms with van der Waals surface area (Å²) in [6, 6.07) is 5.62. The van der Waals surface area contributed by atoms with Crippen LogP contribution < -0.4 is 10.1 Å². The first kappa shape index (κ1) is 11.3. The molecular weight excluding hydrogens is 298 g/mol. The summed E-state index contributed by atoms with van der Waals surface area (Å²) in [6.07, 6.45) is 1.73. The Bertz CT molecular complexity index is 636. The van der Waals surface area contributed by atoms with Gasteiger partial charge in [-0.25, -0.2) is 4.98 Å². The van der Waals surface area contributed by atoms with E-state index in [9.17, 15) is 4.79 Å². The molecule has 1 amide bonds. The van der Waals surface area contributed by atoms with E-state index in [1.165, 1.54) is 0 Å². The number of carbonyl (C=O) groups is 1. The second-order valence-corrected chi connectivity index (χ2v) is 4.79. The van der Waals surface area contributed by atoms with Crippen LogP contribution in [0.1, 0.15) is 0 Å². The number of fused-ring (bicyclic) bond motifs is 1. The maximum atomic E-state index is 11.3. The Morgan fingerprint density at radius 3 is 3.06 bits per heavy atom. The monoisotopic (exact) mass is 307 g/mol. The van der Waals surface area contributed by atoms with Crippen molar-refractivity contribution in [2.24, 2.45) is 7.05 Å². The molecule has 0 unspecified atom stereocenters. The first-order chi connectivity index (χ1) is 8.65. The van der Waals surface area contributed by atoms with Gasteiger partial charge in [0.25, 0.3) is 5.91 Å². The first-order valence-corrected chi connectivity index (χ1v) is 6.18. The van der Waals surface area contributed by atoms with Crippen LogP contribution in [0.5, 0.6) is 5.75 Å². The van der Waals surface area contributed by atoms with Gasteiger partial charge in [-0.15, -0.1) is 0 Å². The van der Waals surface area contributed by atoms with Gasteiger partial charge >= 0.3 is 0 Å². The number of rotatable bonds is 1. The molecule has 5 nitrogen and oxygen atoms in total. The van der Waals surface area contributed by atoms with E-state index in [0.717, 1.165) is 15.9 Å². The number of anilines is 1. The lowest BCUT2D eigenvalue weighted by molar-refractivity contribution is -0.118. The predicted molar refractivity (Wildman–Crippen MR) is 70.5 cm³/mol. The molecule has 0 atom stereocenters. The lowest BCUT2D eigenvalue weighted by atomic mass is 10.1. The van der Waals surface area contributed by atoms with Crippen molar-refractivity contribution in [2.45, 2.75) is 0 Å². The van der Waals surface area contributed by atoms with Crippen molar-refractivity contribution < 1.29 is 9.53 Å². The smallest absolute Gasteiger partial charge is 0.262 e. The minimum absolute atomic E-state index is 0.0691. The van der Waals surface area contributed by atoms with Crippen LogP contribution in [0.3, 0.4) is 0 Å². The molecule has 0 saturated heterocycles. The molecule has 0 bridgehead atoms. The summed E-state index contributed by atoms with van der Waals surface area (Å²) in [7, 11) is 1.91. The summed E-state index contributed by atoms with van der Waals surface area (Å²) in [4.78, 5) is 15.6. The quantitative estimate of drug-likeness (QED) is 0.878. The molecule has 6 heteroatoms. The fourth-order valence-corrected chi connectivity index (χ4v) is 2.26. The molecule has 0 spiro atoms. The molecule has 92 valence electrons. The number of imidazole rings is 1. The van der Waals surface area contributed by atoms with Gasteiger partial charge in [0.05, 0.1) is 12.0 Å². The third kappa shape index (κ3) is 1.78. The Balaban J connectivity index is 2.07. The summed E-state index contributed by atoms with van der Waals surface area (Å²) >= 11 is 3.48.